The van der Waals surface area contributed by atoms with Crippen LogP contribution < -0.4 is 14.5 Å². The maximum absolute atomic E-state index is 13.5. The number of anilines is 2. The number of allylic oxidation sites excluding steroid dienone is 2. The minimum absolute atomic E-state index is 0.0981. The molecule has 0 N–H and O–H groups in total. The van der Waals surface area contributed by atoms with Gasteiger partial charge in [0.15, 0.2) is 0 Å². The summed E-state index contributed by atoms with van der Waals surface area (Å²) in [5.74, 6) is -0.0333. The van der Waals surface area contributed by atoms with Crippen molar-refractivity contribution in [1.82, 2.24) is 0 Å². The molecule has 2 saturated carbocycles. The van der Waals surface area contributed by atoms with Gasteiger partial charge in [-0.2, -0.15) is 0 Å². The van der Waals surface area contributed by atoms with Crippen molar-refractivity contribution in [3.05, 3.63) is 65.2 Å². The van der Waals surface area contributed by atoms with E-state index in [4.69, 9.17) is 4.74 Å². The first kappa shape index (κ1) is 23.4. The van der Waals surface area contributed by atoms with E-state index in [0.717, 1.165) is 23.2 Å². The van der Waals surface area contributed by atoms with Crippen molar-refractivity contribution in [3.63, 3.8) is 0 Å². The van der Waals surface area contributed by atoms with Crippen molar-refractivity contribution in [2.24, 2.45) is 41.4 Å². The molecular weight excluding hydrogens is 480 g/mol. The summed E-state index contributed by atoms with van der Waals surface area (Å²) in [5.41, 5.74) is 4.17. The average molecular weight is 511 g/mol. The molecule has 2 aromatic carbocycles. The molecule has 2 heterocycles. The van der Waals surface area contributed by atoms with E-state index in [1.807, 2.05) is 39.0 Å². The lowest BCUT2D eigenvalue weighted by atomic mass is 9.63. The molecule has 2 bridgehead atoms. The number of carbonyl (C=O) groups is 4. The number of benzene rings is 2. The van der Waals surface area contributed by atoms with Crippen molar-refractivity contribution in [2.45, 2.75) is 33.6 Å². The van der Waals surface area contributed by atoms with Crippen molar-refractivity contribution in [1.29, 1.82) is 0 Å². The van der Waals surface area contributed by atoms with E-state index in [9.17, 15) is 19.2 Å². The zero-order valence-corrected chi connectivity index (χ0v) is 21.7. The van der Waals surface area contributed by atoms with Gasteiger partial charge in [0.05, 0.1) is 23.4 Å². The number of rotatable bonds is 4. The zero-order chi connectivity index (χ0) is 26.5. The molecule has 3 amide bonds. The number of nitrogens with zero attached hydrogens (tertiary/aromatic N) is 2. The van der Waals surface area contributed by atoms with Crippen molar-refractivity contribution < 1.29 is 23.9 Å². The Hall–Kier alpha value is -3.74. The highest BCUT2D eigenvalue weighted by atomic mass is 16.5. The van der Waals surface area contributed by atoms with Crippen LogP contribution in [0.4, 0.5) is 11.4 Å². The Kier molecular flexibility index (Phi) is 5.00. The van der Waals surface area contributed by atoms with Crippen LogP contribution in [0.15, 0.2) is 48.6 Å². The van der Waals surface area contributed by atoms with Crippen LogP contribution in [0, 0.1) is 62.2 Å². The highest BCUT2D eigenvalue weighted by molar-refractivity contribution is 6.23. The van der Waals surface area contributed by atoms with Gasteiger partial charge in [-0.25, -0.2) is 4.90 Å². The lowest BCUT2D eigenvalue weighted by Crippen LogP contribution is -2.40. The molecule has 38 heavy (non-hydrogen) atoms. The van der Waals surface area contributed by atoms with E-state index < -0.39 is 11.9 Å². The van der Waals surface area contributed by atoms with Crippen LogP contribution in [0.3, 0.4) is 0 Å². The minimum atomic E-state index is -0.567. The molecule has 0 aromatic heterocycles. The van der Waals surface area contributed by atoms with Crippen LogP contribution in [0.25, 0.3) is 0 Å². The molecule has 2 saturated heterocycles. The molecule has 0 radical (unpaired) electrons. The molecule has 7 nitrogen and oxygen atoms in total. The van der Waals surface area contributed by atoms with Gasteiger partial charge >= 0.3 is 5.97 Å². The van der Waals surface area contributed by atoms with Gasteiger partial charge in [0.2, 0.25) is 17.7 Å². The summed E-state index contributed by atoms with van der Waals surface area (Å²) >= 11 is 0. The van der Waals surface area contributed by atoms with Gasteiger partial charge in [0.25, 0.3) is 0 Å². The molecule has 194 valence electrons. The molecule has 2 aliphatic heterocycles. The van der Waals surface area contributed by atoms with Gasteiger partial charge in [-0.3, -0.25) is 19.2 Å². The van der Waals surface area contributed by atoms with Crippen molar-refractivity contribution >= 4 is 35.1 Å². The predicted molar refractivity (Wildman–Crippen MR) is 140 cm³/mol. The first-order valence-corrected chi connectivity index (χ1v) is 13.5. The van der Waals surface area contributed by atoms with E-state index in [2.05, 4.69) is 12.2 Å². The predicted octanol–water partition coefficient (Wildman–Crippen LogP) is 4.13. The van der Waals surface area contributed by atoms with Crippen LogP contribution in [-0.2, 0) is 19.2 Å². The summed E-state index contributed by atoms with van der Waals surface area (Å²) in [5, 5.41) is 0. The van der Waals surface area contributed by atoms with Gasteiger partial charge in [-0.1, -0.05) is 29.8 Å². The average Bonchev–Trinajstić information content (AvgIpc) is 3.56. The normalized spacial score (nSPS) is 32.6. The summed E-state index contributed by atoms with van der Waals surface area (Å²) in [6.07, 6.45) is 5.56. The smallest absolute Gasteiger partial charge is 0.316 e. The molecule has 4 fully saturated rings. The quantitative estimate of drug-likeness (QED) is 0.267. The van der Waals surface area contributed by atoms with Crippen LogP contribution in [0.2, 0.25) is 0 Å². The van der Waals surface area contributed by atoms with Gasteiger partial charge in [0.1, 0.15) is 5.75 Å². The van der Waals surface area contributed by atoms with Crippen LogP contribution in [-0.4, -0.2) is 30.2 Å². The van der Waals surface area contributed by atoms with Crippen LogP contribution in [0.5, 0.6) is 5.75 Å². The number of esters is 1. The fraction of sp³-hybridized carbons (Fsp3) is 0.419. The maximum Gasteiger partial charge on any atom is 0.316 e. The lowest BCUT2D eigenvalue weighted by Gasteiger charge is -2.37. The molecule has 8 rings (SSSR count). The molecule has 6 aliphatic rings. The molecule has 2 aromatic rings. The highest BCUT2D eigenvalue weighted by Gasteiger charge is 2.67. The second-order valence-corrected chi connectivity index (χ2v) is 11.7. The SMILES string of the molecule is Cc1ccc(N2C[C@H](C(=O)Oc3ccc(N4C(=O)[C@@H]5[C@H]6C=C[C@@H]([C@@H]7C[C@H]67)[C@H]5C4=O)c(C)c3)CC2=O)c(C)c1. The Bertz CT molecular complexity index is 1420. The number of hydrogen-bond acceptors (Lipinski definition) is 5. The number of imide groups is 1. The third-order valence-corrected chi connectivity index (χ3v) is 9.39. The number of aryl methyl sites for hydroxylation is 3. The van der Waals surface area contributed by atoms with E-state index in [1.54, 1.807) is 23.1 Å². The van der Waals surface area contributed by atoms with Gasteiger partial charge in [-0.05, 0) is 86.3 Å². The van der Waals surface area contributed by atoms with Crippen molar-refractivity contribution in [3.8, 4) is 5.75 Å². The Labute approximate surface area is 221 Å². The summed E-state index contributed by atoms with van der Waals surface area (Å²) in [7, 11) is 0. The molecule has 7 heteroatoms. The third-order valence-electron chi connectivity index (χ3n) is 9.39. The van der Waals surface area contributed by atoms with E-state index >= 15 is 0 Å². The summed E-state index contributed by atoms with van der Waals surface area (Å²) in [6.45, 7) is 6.05. The summed E-state index contributed by atoms with van der Waals surface area (Å²) in [4.78, 5) is 55.7. The third kappa shape index (κ3) is 3.33. The minimum Gasteiger partial charge on any atom is -0.426 e. The first-order valence-electron chi connectivity index (χ1n) is 13.5. The number of carbonyl (C=O) groups excluding carboxylic acids is 4. The Balaban J connectivity index is 1.06. The highest BCUT2D eigenvalue weighted by Crippen LogP contribution is 2.65. The Morgan fingerprint density at radius 2 is 1.47 bits per heavy atom. The van der Waals surface area contributed by atoms with Crippen molar-refractivity contribution in [2.75, 3.05) is 16.3 Å². The summed E-state index contributed by atoms with van der Waals surface area (Å²) in [6, 6.07) is 10.9. The second-order valence-electron chi connectivity index (χ2n) is 11.7. The largest absolute Gasteiger partial charge is 0.426 e. The van der Waals surface area contributed by atoms with E-state index in [1.165, 1.54) is 4.90 Å². The standard InChI is InChI=1S/C31H30N2O5/c1-15-4-8-24(16(2)10-15)32-14-18(12-26(32)34)31(37)38-19-5-9-25(17(3)11-19)33-29(35)27-20-6-7-21(23-13-22(20)23)28(27)30(33)36/h4-11,18,20-23,27-28H,12-14H2,1-3H3/t18-,20+,21+,22-,23+,27-,28-/m1/s1. The maximum atomic E-state index is 13.5. The fourth-order valence-electron chi connectivity index (χ4n) is 7.54. The number of ether oxygens (including phenoxy) is 1. The molecule has 7 atom stereocenters. The summed E-state index contributed by atoms with van der Waals surface area (Å²) < 4.78 is 5.67. The molecule has 0 unspecified atom stereocenters. The van der Waals surface area contributed by atoms with Gasteiger partial charge in [0, 0.05) is 18.7 Å². The fourth-order valence-corrected chi connectivity index (χ4v) is 7.54. The molecular formula is C31H30N2O5. The monoisotopic (exact) mass is 510 g/mol. The van der Waals surface area contributed by atoms with E-state index in [-0.39, 0.29) is 54.4 Å². The Morgan fingerprint density at radius 3 is 2.11 bits per heavy atom. The zero-order valence-electron chi connectivity index (χ0n) is 21.7. The lowest BCUT2D eigenvalue weighted by molar-refractivity contribution is -0.139. The van der Waals surface area contributed by atoms with E-state index in [0.29, 0.717) is 28.8 Å². The number of amides is 3. The molecule has 4 aliphatic carbocycles. The van der Waals surface area contributed by atoms with Gasteiger partial charge in [-0.15, -0.1) is 0 Å². The number of hydrogen-bond donors (Lipinski definition) is 0. The molecule has 0 spiro atoms. The van der Waals surface area contributed by atoms with Crippen LogP contribution in [0.1, 0.15) is 29.5 Å². The first-order chi connectivity index (χ1) is 18.2. The van der Waals surface area contributed by atoms with Crippen LogP contribution >= 0.6 is 0 Å². The topological polar surface area (TPSA) is 84.0 Å². The van der Waals surface area contributed by atoms with Gasteiger partial charge < -0.3 is 9.64 Å². The second kappa shape index (κ2) is 8.13. The Morgan fingerprint density at radius 1 is 0.842 bits per heavy atom.